The fourth-order valence-electron chi connectivity index (χ4n) is 2.97. The molecule has 146 valence electrons. The lowest BCUT2D eigenvalue weighted by atomic mass is 10.2. The number of rotatable bonds is 8. The van der Waals surface area contributed by atoms with Crippen LogP contribution in [0, 0.1) is 6.92 Å². The van der Waals surface area contributed by atoms with Gasteiger partial charge in [-0.1, -0.05) is 26.0 Å². The molecule has 0 bridgehead atoms. The van der Waals surface area contributed by atoms with Crippen molar-refractivity contribution in [1.29, 1.82) is 0 Å². The van der Waals surface area contributed by atoms with E-state index in [1.165, 1.54) is 0 Å². The highest BCUT2D eigenvalue weighted by molar-refractivity contribution is 5.48. The monoisotopic (exact) mass is 376 g/mol. The normalized spacial score (nSPS) is 10.9. The Kier molecular flexibility index (Phi) is 6.53. The summed E-state index contributed by atoms with van der Waals surface area (Å²) in [5.74, 6) is 2.98. The van der Waals surface area contributed by atoms with Gasteiger partial charge in [-0.3, -0.25) is 4.98 Å². The van der Waals surface area contributed by atoms with Gasteiger partial charge < -0.3 is 10.2 Å². The number of anilines is 2. The Morgan fingerprint density at radius 2 is 1.86 bits per heavy atom. The van der Waals surface area contributed by atoms with Crippen molar-refractivity contribution < 1.29 is 0 Å². The molecular weight excluding hydrogens is 348 g/mol. The number of nitrogens with zero attached hydrogens (tertiary/aromatic N) is 5. The Balaban J connectivity index is 1.68. The van der Waals surface area contributed by atoms with E-state index in [2.05, 4.69) is 63.2 Å². The summed E-state index contributed by atoms with van der Waals surface area (Å²) in [7, 11) is 2.07. The van der Waals surface area contributed by atoms with Crippen LogP contribution < -0.4 is 10.2 Å². The summed E-state index contributed by atoms with van der Waals surface area (Å²) in [5.41, 5.74) is 3.19. The molecule has 0 amide bonds. The summed E-state index contributed by atoms with van der Waals surface area (Å²) in [6, 6.07) is 12.1. The molecule has 0 saturated carbocycles. The molecule has 0 aliphatic carbocycles. The minimum Gasteiger partial charge on any atom is -0.366 e. The van der Waals surface area contributed by atoms with Crippen molar-refractivity contribution in [3.63, 3.8) is 0 Å². The van der Waals surface area contributed by atoms with Crippen LogP contribution in [0.4, 0.5) is 11.6 Å². The molecule has 0 saturated heterocycles. The summed E-state index contributed by atoms with van der Waals surface area (Å²) in [6.07, 6.45) is 4.55. The first-order valence-electron chi connectivity index (χ1n) is 9.67. The number of aromatic nitrogens is 4. The van der Waals surface area contributed by atoms with Crippen LogP contribution in [-0.2, 0) is 13.0 Å². The fraction of sp³-hybridized carbons (Fsp3) is 0.364. The quantitative estimate of drug-likeness (QED) is 0.641. The number of pyridine rings is 2. The Hall–Kier alpha value is -3.02. The molecule has 6 nitrogen and oxygen atoms in total. The molecule has 28 heavy (non-hydrogen) atoms. The van der Waals surface area contributed by atoms with Crippen LogP contribution in [0.25, 0.3) is 0 Å². The predicted octanol–water partition coefficient (Wildman–Crippen LogP) is 3.99. The molecule has 0 aliphatic rings. The molecule has 0 radical (unpaired) electrons. The number of hydrogen-bond donors (Lipinski definition) is 1. The Morgan fingerprint density at radius 3 is 2.61 bits per heavy atom. The van der Waals surface area contributed by atoms with Crippen molar-refractivity contribution >= 4 is 11.6 Å². The zero-order valence-corrected chi connectivity index (χ0v) is 17.1. The van der Waals surface area contributed by atoms with Crippen LogP contribution in [0.3, 0.4) is 0 Å². The molecule has 0 unspecified atom stereocenters. The number of nitrogens with one attached hydrogen (secondary N) is 1. The van der Waals surface area contributed by atoms with Crippen molar-refractivity contribution in [1.82, 2.24) is 19.9 Å². The highest BCUT2D eigenvalue weighted by atomic mass is 15.2. The van der Waals surface area contributed by atoms with Gasteiger partial charge in [-0.15, -0.1) is 0 Å². The minimum absolute atomic E-state index is 0.298. The van der Waals surface area contributed by atoms with Gasteiger partial charge in [0, 0.05) is 67.9 Å². The zero-order chi connectivity index (χ0) is 19.9. The van der Waals surface area contributed by atoms with Gasteiger partial charge in [0.05, 0.1) is 0 Å². The van der Waals surface area contributed by atoms with Gasteiger partial charge in [-0.05, 0) is 25.1 Å². The van der Waals surface area contributed by atoms with Crippen LogP contribution in [0.1, 0.15) is 42.5 Å². The second-order valence-electron chi connectivity index (χ2n) is 7.24. The highest BCUT2D eigenvalue weighted by Crippen LogP contribution is 2.19. The summed E-state index contributed by atoms with van der Waals surface area (Å²) in [4.78, 5) is 20.3. The van der Waals surface area contributed by atoms with Crippen molar-refractivity contribution in [2.75, 3.05) is 23.8 Å². The lowest BCUT2D eigenvalue weighted by molar-refractivity contribution is 0.766. The van der Waals surface area contributed by atoms with Crippen molar-refractivity contribution in [3.8, 4) is 0 Å². The summed E-state index contributed by atoms with van der Waals surface area (Å²) in [6.45, 7) is 7.72. The van der Waals surface area contributed by atoms with E-state index in [-0.39, 0.29) is 0 Å². The van der Waals surface area contributed by atoms with Gasteiger partial charge in [-0.25, -0.2) is 15.0 Å². The third kappa shape index (κ3) is 5.25. The van der Waals surface area contributed by atoms with Crippen molar-refractivity contribution in [2.45, 2.75) is 39.7 Å². The molecule has 0 fully saturated rings. The maximum Gasteiger partial charge on any atom is 0.133 e. The number of likely N-dealkylation sites (N-methyl/N-ethyl adjacent to an activating group) is 1. The van der Waals surface area contributed by atoms with Gasteiger partial charge in [0.1, 0.15) is 17.5 Å². The molecule has 3 rings (SSSR count). The largest absolute Gasteiger partial charge is 0.366 e. The average molecular weight is 377 g/mol. The van der Waals surface area contributed by atoms with Gasteiger partial charge >= 0.3 is 0 Å². The average Bonchev–Trinajstić information content (AvgIpc) is 2.71. The van der Waals surface area contributed by atoms with Crippen molar-refractivity contribution in [3.05, 3.63) is 71.6 Å². The highest BCUT2D eigenvalue weighted by Gasteiger charge is 2.11. The van der Waals surface area contributed by atoms with E-state index in [0.29, 0.717) is 12.5 Å². The molecule has 6 heteroatoms. The molecule has 0 spiro atoms. The maximum atomic E-state index is 4.63. The molecule has 0 atom stereocenters. The number of hydrogen-bond acceptors (Lipinski definition) is 6. The van der Waals surface area contributed by atoms with Crippen molar-refractivity contribution in [2.24, 2.45) is 0 Å². The maximum absolute atomic E-state index is 4.63. The minimum atomic E-state index is 0.298. The third-order valence-corrected chi connectivity index (χ3v) is 4.51. The first kappa shape index (κ1) is 19.7. The van der Waals surface area contributed by atoms with Gasteiger partial charge in [0.25, 0.3) is 0 Å². The van der Waals surface area contributed by atoms with Crippen LogP contribution in [0.2, 0.25) is 0 Å². The van der Waals surface area contributed by atoms with E-state index >= 15 is 0 Å². The molecule has 0 aromatic carbocycles. The van der Waals surface area contributed by atoms with E-state index in [9.17, 15) is 0 Å². The zero-order valence-electron chi connectivity index (χ0n) is 17.1. The van der Waals surface area contributed by atoms with E-state index < -0.39 is 0 Å². The lowest BCUT2D eigenvalue weighted by Crippen LogP contribution is -2.23. The first-order chi connectivity index (χ1) is 13.5. The molecule has 1 N–H and O–H groups in total. The smallest absolute Gasteiger partial charge is 0.133 e. The summed E-state index contributed by atoms with van der Waals surface area (Å²) < 4.78 is 0. The molecular formula is C22H28N6. The standard InChI is InChI=1S/C22H28N6/c1-16(2)21-26-17(3)14-20(27-21)25-15-18-8-7-12-24-22(18)28(4)13-10-19-9-5-6-11-23-19/h5-9,11-12,14,16H,10,13,15H2,1-4H3,(H,25,26,27). The summed E-state index contributed by atoms with van der Waals surface area (Å²) >= 11 is 0. The van der Waals surface area contributed by atoms with Gasteiger partial charge in [-0.2, -0.15) is 0 Å². The third-order valence-electron chi connectivity index (χ3n) is 4.51. The Labute approximate surface area is 167 Å². The fourth-order valence-corrected chi connectivity index (χ4v) is 2.97. The van der Waals surface area contributed by atoms with E-state index in [4.69, 9.17) is 0 Å². The predicted molar refractivity (Wildman–Crippen MR) is 114 cm³/mol. The molecule has 0 aliphatic heterocycles. The molecule has 3 aromatic rings. The van der Waals surface area contributed by atoms with Gasteiger partial charge in [0.15, 0.2) is 0 Å². The second kappa shape index (κ2) is 9.26. The first-order valence-corrected chi connectivity index (χ1v) is 9.67. The summed E-state index contributed by atoms with van der Waals surface area (Å²) in [5, 5.41) is 3.44. The second-order valence-corrected chi connectivity index (χ2v) is 7.24. The SMILES string of the molecule is Cc1cc(NCc2cccnc2N(C)CCc2ccccn2)nc(C(C)C)n1. The topological polar surface area (TPSA) is 66.8 Å². The van der Waals surface area contributed by atoms with Crippen LogP contribution in [0.15, 0.2) is 48.8 Å². The number of aryl methyl sites for hydroxylation is 1. The van der Waals surface area contributed by atoms with Crippen LogP contribution >= 0.6 is 0 Å². The van der Waals surface area contributed by atoms with Crippen LogP contribution in [-0.4, -0.2) is 33.5 Å². The van der Waals surface area contributed by atoms with E-state index in [1.807, 2.05) is 43.6 Å². The lowest BCUT2D eigenvalue weighted by Gasteiger charge is -2.21. The molecule has 3 aromatic heterocycles. The van der Waals surface area contributed by atoms with Gasteiger partial charge in [0.2, 0.25) is 0 Å². The molecule has 3 heterocycles. The Bertz CT molecular complexity index is 895. The van der Waals surface area contributed by atoms with E-state index in [1.54, 1.807) is 0 Å². The Morgan fingerprint density at radius 1 is 1.04 bits per heavy atom. The van der Waals surface area contributed by atoms with E-state index in [0.717, 1.165) is 47.4 Å². The van der Waals surface area contributed by atoms with Crippen LogP contribution in [0.5, 0.6) is 0 Å².